The number of H-pyrrole nitrogens is 1. The van der Waals surface area contributed by atoms with Crippen LogP contribution in [-0.2, 0) is 19.9 Å². The first-order valence-corrected chi connectivity index (χ1v) is 15.1. The van der Waals surface area contributed by atoms with E-state index in [-0.39, 0.29) is 35.5 Å². The Hall–Kier alpha value is -5.07. The molecule has 0 bridgehead atoms. The highest BCUT2D eigenvalue weighted by Gasteiger charge is 2.43. The van der Waals surface area contributed by atoms with E-state index in [0.717, 1.165) is 16.7 Å². The Kier molecular flexibility index (Phi) is 9.06. The summed E-state index contributed by atoms with van der Waals surface area (Å²) in [6, 6.07) is 24.8. The molecule has 1 aliphatic rings. The molecule has 6 rings (SSSR count). The number of hydrogen-bond acceptors (Lipinski definition) is 8. The minimum absolute atomic E-state index is 0.0294. The number of aromatic amines is 1. The lowest BCUT2D eigenvalue weighted by molar-refractivity contribution is -0.118. The second-order valence-electron chi connectivity index (χ2n) is 11.4. The maximum atomic E-state index is 15.8. The van der Waals surface area contributed by atoms with E-state index in [0.29, 0.717) is 11.5 Å². The Morgan fingerprint density at radius 2 is 1.57 bits per heavy atom. The van der Waals surface area contributed by atoms with Gasteiger partial charge in [-0.1, -0.05) is 68.4 Å². The first kappa shape index (κ1) is 31.9. The Morgan fingerprint density at radius 3 is 2.15 bits per heavy atom. The normalized spacial score (nSPS) is 18.0. The van der Waals surface area contributed by atoms with Crippen molar-refractivity contribution in [3.63, 3.8) is 0 Å². The lowest BCUT2D eigenvalue weighted by Crippen LogP contribution is -2.37. The van der Waals surface area contributed by atoms with Crippen molar-refractivity contribution in [1.29, 1.82) is 0 Å². The second-order valence-corrected chi connectivity index (χ2v) is 11.4. The topological polar surface area (TPSA) is 130 Å². The van der Waals surface area contributed by atoms with Crippen LogP contribution in [0.25, 0.3) is 11.2 Å². The van der Waals surface area contributed by atoms with Crippen molar-refractivity contribution in [2.75, 3.05) is 26.1 Å². The van der Waals surface area contributed by atoms with Crippen LogP contribution in [0.15, 0.2) is 90.0 Å². The molecule has 3 heterocycles. The minimum Gasteiger partial charge on any atom is -0.497 e. The number of methoxy groups -OCH3 is 2. The van der Waals surface area contributed by atoms with Gasteiger partial charge in [0, 0.05) is 12.3 Å². The zero-order chi connectivity index (χ0) is 33.1. The molecule has 12 heteroatoms. The van der Waals surface area contributed by atoms with Gasteiger partial charge in [-0.15, -0.1) is 0 Å². The fourth-order valence-electron chi connectivity index (χ4n) is 5.58. The summed E-state index contributed by atoms with van der Waals surface area (Å²) in [6.45, 7) is 3.30. The molecular weight excluding hydrogens is 605 g/mol. The Bertz CT molecular complexity index is 1840. The summed E-state index contributed by atoms with van der Waals surface area (Å²) in [5, 5.41) is 2.59. The zero-order valence-electron chi connectivity index (χ0n) is 26.3. The fraction of sp³-hybridized carbons (Fsp3) is 0.286. The van der Waals surface area contributed by atoms with Crippen LogP contribution in [0.2, 0.25) is 0 Å². The summed E-state index contributed by atoms with van der Waals surface area (Å²) in [5.41, 5.74) is 0.867. The highest BCUT2D eigenvalue weighted by molar-refractivity contribution is 5.91. The quantitative estimate of drug-likeness (QED) is 0.189. The van der Waals surface area contributed by atoms with Crippen LogP contribution >= 0.6 is 0 Å². The number of halogens is 1. The third kappa shape index (κ3) is 6.21. The smallest absolute Gasteiger partial charge is 0.280 e. The Labute approximate surface area is 270 Å². The van der Waals surface area contributed by atoms with Crippen molar-refractivity contribution >= 4 is 23.0 Å². The molecule has 1 aliphatic heterocycles. The van der Waals surface area contributed by atoms with Crippen LogP contribution in [0.3, 0.4) is 0 Å². The van der Waals surface area contributed by atoms with E-state index in [1.165, 1.54) is 17.3 Å². The van der Waals surface area contributed by atoms with Gasteiger partial charge in [0.1, 0.15) is 35.6 Å². The molecule has 47 heavy (non-hydrogen) atoms. The summed E-state index contributed by atoms with van der Waals surface area (Å²) in [7, 11) is 3.20. The highest BCUT2D eigenvalue weighted by atomic mass is 19.1. The molecule has 1 fully saturated rings. The average Bonchev–Trinajstić information content (AvgIpc) is 3.69. The van der Waals surface area contributed by atoms with Crippen LogP contribution < -0.4 is 20.3 Å². The van der Waals surface area contributed by atoms with Crippen LogP contribution in [0.1, 0.15) is 36.8 Å². The third-order valence-electron chi connectivity index (χ3n) is 8.13. The van der Waals surface area contributed by atoms with Gasteiger partial charge in [0.05, 0.1) is 27.2 Å². The van der Waals surface area contributed by atoms with Crippen molar-refractivity contribution in [2.45, 2.75) is 38.0 Å². The van der Waals surface area contributed by atoms with E-state index in [4.69, 9.17) is 18.9 Å². The van der Waals surface area contributed by atoms with Gasteiger partial charge < -0.3 is 18.9 Å². The van der Waals surface area contributed by atoms with Crippen molar-refractivity contribution in [2.24, 2.45) is 5.92 Å². The maximum Gasteiger partial charge on any atom is 0.280 e. The molecule has 2 aromatic heterocycles. The molecule has 0 aliphatic carbocycles. The van der Waals surface area contributed by atoms with Gasteiger partial charge in [0.25, 0.3) is 5.56 Å². The second kappa shape index (κ2) is 13.3. The van der Waals surface area contributed by atoms with Gasteiger partial charge >= 0.3 is 0 Å². The predicted octanol–water partition coefficient (Wildman–Crippen LogP) is 5.18. The van der Waals surface area contributed by atoms with Crippen LogP contribution in [-0.4, -0.2) is 58.5 Å². The summed E-state index contributed by atoms with van der Waals surface area (Å²) in [6.07, 6.45) is -0.755. The summed E-state index contributed by atoms with van der Waals surface area (Å²) in [4.78, 5) is 36.0. The van der Waals surface area contributed by atoms with E-state index in [9.17, 15) is 9.59 Å². The third-order valence-corrected chi connectivity index (χ3v) is 8.13. The summed E-state index contributed by atoms with van der Waals surface area (Å²) >= 11 is 0. The number of amides is 1. The molecule has 1 radical (unpaired) electrons. The fourth-order valence-corrected chi connectivity index (χ4v) is 5.58. The number of hydrogen-bond donors (Lipinski definition) is 2. The number of rotatable bonds is 11. The van der Waals surface area contributed by atoms with E-state index in [1.807, 2.05) is 78.9 Å². The van der Waals surface area contributed by atoms with E-state index in [1.54, 1.807) is 28.1 Å². The highest BCUT2D eigenvalue weighted by Crippen LogP contribution is 2.43. The number of nitrogens with zero attached hydrogens (tertiary/aromatic N) is 3. The number of fused-ring (bicyclic) bond motifs is 1. The van der Waals surface area contributed by atoms with Crippen molar-refractivity contribution in [3.8, 4) is 11.5 Å². The number of ether oxygens (including phenoxy) is 4. The number of alkyl halides is 1. The number of aromatic nitrogens is 4. The van der Waals surface area contributed by atoms with E-state index >= 15 is 4.39 Å². The first-order valence-electron chi connectivity index (χ1n) is 15.1. The summed E-state index contributed by atoms with van der Waals surface area (Å²) in [5.74, 6) is 0.665. The Balaban J connectivity index is 1.33. The van der Waals surface area contributed by atoms with Gasteiger partial charge in [-0.25, -0.2) is 9.37 Å². The van der Waals surface area contributed by atoms with Crippen molar-refractivity contribution in [1.82, 2.24) is 19.5 Å². The number of imidazole rings is 1. The molecular formula is C35H35FN5O6. The standard InChI is InChI=1S/C35H35FN5O6/c1-21(2)32(42)39-34-38-31-30(33(43)40-34)37-20-41(31)29-18-27(36)28(47-29)19-46-35(22-8-6-5-7-9-22,23-10-14-25(44-3)15-11-23)24-12-16-26(45-4)17-13-24/h5-18,20-21,27-29H,19H2,1-4H3,(H2,38,39,40,42,43)/t27-,28+,29+/m0/s1. The first-order chi connectivity index (χ1) is 22.7. The predicted molar refractivity (Wildman–Crippen MR) is 173 cm³/mol. The molecule has 0 unspecified atom stereocenters. The lowest BCUT2D eigenvalue weighted by Gasteiger charge is -2.37. The van der Waals surface area contributed by atoms with E-state index < -0.39 is 29.7 Å². The molecule has 243 valence electrons. The van der Waals surface area contributed by atoms with Gasteiger partial charge in [0.2, 0.25) is 11.9 Å². The molecule has 1 saturated heterocycles. The SMILES string of the molecule is COc1ccc(C(OC[C@H]2O[C@@H](n3cnc4c(=O)[nH]c(NC(=O)C(C)C)nc43)[CH][C@@H]2F)(c2ccccc2)c2ccc(OC)cc2)cc1. The number of carbonyl (C=O) groups excluding carboxylic acids is 1. The molecule has 2 N–H and O–H groups in total. The average molecular weight is 641 g/mol. The number of nitrogens with one attached hydrogen (secondary N) is 2. The zero-order valence-corrected chi connectivity index (χ0v) is 26.3. The van der Waals surface area contributed by atoms with Crippen LogP contribution in [0, 0.1) is 12.3 Å². The molecule has 3 atom stereocenters. The molecule has 11 nitrogen and oxygen atoms in total. The number of anilines is 1. The maximum absolute atomic E-state index is 15.8. The van der Waals surface area contributed by atoms with Crippen LogP contribution in [0.5, 0.6) is 11.5 Å². The number of carbonyl (C=O) groups is 1. The summed E-state index contributed by atoms with van der Waals surface area (Å²) < 4.78 is 41.1. The lowest BCUT2D eigenvalue weighted by atomic mass is 9.80. The van der Waals surface area contributed by atoms with Gasteiger partial charge in [-0.05, 0) is 41.0 Å². The van der Waals surface area contributed by atoms with Gasteiger partial charge in [0.15, 0.2) is 11.2 Å². The molecule has 1 amide bonds. The van der Waals surface area contributed by atoms with Crippen molar-refractivity contribution in [3.05, 3.63) is 119 Å². The van der Waals surface area contributed by atoms with E-state index in [2.05, 4.69) is 20.3 Å². The number of benzene rings is 3. The van der Waals surface area contributed by atoms with Gasteiger partial charge in [-0.2, -0.15) is 4.98 Å². The minimum atomic E-state index is -1.53. The monoisotopic (exact) mass is 640 g/mol. The molecule has 3 aromatic carbocycles. The van der Waals surface area contributed by atoms with Crippen LogP contribution in [0.4, 0.5) is 10.3 Å². The van der Waals surface area contributed by atoms with Gasteiger partial charge in [-0.3, -0.25) is 24.5 Å². The largest absolute Gasteiger partial charge is 0.497 e. The molecule has 0 spiro atoms. The van der Waals surface area contributed by atoms with Crippen molar-refractivity contribution < 1.29 is 28.1 Å². The Morgan fingerprint density at radius 1 is 0.979 bits per heavy atom. The molecule has 5 aromatic rings. The molecule has 0 saturated carbocycles.